The highest BCUT2D eigenvalue weighted by atomic mass is 32.2. The number of anilines is 1. The van der Waals surface area contributed by atoms with Gasteiger partial charge in [-0.25, -0.2) is 8.42 Å². The number of sulfone groups is 1. The molecule has 1 heterocycles. The molecule has 0 atom stereocenters. The molecule has 1 saturated heterocycles. The van der Waals surface area contributed by atoms with E-state index in [1.54, 1.807) is 4.90 Å². The fourth-order valence-electron chi connectivity index (χ4n) is 3.43. The second-order valence-corrected chi connectivity index (χ2v) is 9.20. The first-order chi connectivity index (χ1) is 14.1. The number of nitro groups is 1. The van der Waals surface area contributed by atoms with Gasteiger partial charge in [0.15, 0.2) is 0 Å². The maximum atomic E-state index is 12.8. The Labute approximate surface area is 173 Å². The van der Waals surface area contributed by atoms with Crippen LogP contribution in [0.1, 0.15) is 24.0 Å². The monoisotopic (exact) mass is 440 g/mol. The van der Waals surface area contributed by atoms with Crippen LogP contribution in [-0.4, -0.2) is 38.3 Å². The zero-order valence-electron chi connectivity index (χ0n) is 16.5. The van der Waals surface area contributed by atoms with Gasteiger partial charge in [-0.15, -0.1) is 0 Å². The van der Waals surface area contributed by atoms with Crippen molar-refractivity contribution in [2.75, 3.05) is 18.0 Å². The predicted octanol–water partition coefficient (Wildman–Crippen LogP) is 4.26. The highest BCUT2D eigenvalue weighted by Crippen LogP contribution is 2.34. The van der Waals surface area contributed by atoms with E-state index in [4.69, 9.17) is 4.74 Å². The number of alkyl halides is 2. The van der Waals surface area contributed by atoms with Crippen molar-refractivity contribution in [2.24, 2.45) is 0 Å². The van der Waals surface area contributed by atoms with E-state index in [1.165, 1.54) is 6.07 Å². The van der Waals surface area contributed by atoms with Gasteiger partial charge in [0.25, 0.3) is 5.69 Å². The largest absolute Gasteiger partial charge is 0.490 e. The zero-order chi connectivity index (χ0) is 22.1. The molecule has 0 bridgehead atoms. The topological polar surface area (TPSA) is 89.8 Å². The number of hydrogen-bond acceptors (Lipinski definition) is 6. The summed E-state index contributed by atoms with van der Waals surface area (Å²) in [4.78, 5) is 11.7. The second-order valence-electron chi connectivity index (χ2n) is 7.29. The van der Waals surface area contributed by atoms with Crippen LogP contribution in [-0.2, 0) is 9.84 Å². The summed E-state index contributed by atoms with van der Waals surface area (Å²) >= 11 is 0. The Bertz CT molecular complexity index is 1050. The quantitative estimate of drug-likeness (QED) is 0.493. The number of nitro benzene ring substituents is 1. The molecule has 1 aliphatic heterocycles. The van der Waals surface area contributed by atoms with Gasteiger partial charge in [0.05, 0.1) is 9.82 Å². The van der Waals surface area contributed by atoms with E-state index in [1.807, 2.05) is 32.0 Å². The first kappa shape index (κ1) is 21.9. The molecule has 0 N–H and O–H groups in total. The average Bonchev–Trinajstić information content (AvgIpc) is 2.70. The Balaban J connectivity index is 1.76. The van der Waals surface area contributed by atoms with E-state index in [-0.39, 0.29) is 11.8 Å². The number of ether oxygens (including phenoxy) is 1. The third-order valence-corrected chi connectivity index (χ3v) is 6.51. The molecule has 10 heteroatoms. The van der Waals surface area contributed by atoms with E-state index in [0.29, 0.717) is 32.0 Å². The highest BCUT2D eigenvalue weighted by molar-refractivity contribution is 7.91. The van der Waals surface area contributed by atoms with Gasteiger partial charge in [0.1, 0.15) is 17.5 Å². The summed E-state index contributed by atoms with van der Waals surface area (Å²) in [5, 5.41) is 11.5. The van der Waals surface area contributed by atoms with Gasteiger partial charge < -0.3 is 9.64 Å². The number of rotatable bonds is 6. The van der Waals surface area contributed by atoms with Crippen LogP contribution < -0.4 is 9.64 Å². The second kappa shape index (κ2) is 8.55. The van der Waals surface area contributed by atoms with Gasteiger partial charge in [-0.05, 0) is 43.2 Å². The number of piperidine rings is 1. The van der Waals surface area contributed by atoms with Gasteiger partial charge >= 0.3 is 5.76 Å². The maximum Gasteiger partial charge on any atom is 0.341 e. The fourth-order valence-corrected chi connectivity index (χ4v) is 4.16. The minimum atomic E-state index is -4.91. The normalized spacial score (nSPS) is 15.4. The summed E-state index contributed by atoms with van der Waals surface area (Å²) in [5.41, 5.74) is 1.81. The summed E-state index contributed by atoms with van der Waals surface area (Å²) < 4.78 is 55.0. The lowest BCUT2D eigenvalue weighted by molar-refractivity contribution is -0.384. The smallest absolute Gasteiger partial charge is 0.341 e. The molecule has 3 rings (SSSR count). The molecule has 0 amide bonds. The molecule has 1 fully saturated rings. The Hall–Kier alpha value is -2.75. The number of aryl methyl sites for hydroxylation is 2. The van der Waals surface area contributed by atoms with Crippen molar-refractivity contribution in [3.05, 3.63) is 57.6 Å². The van der Waals surface area contributed by atoms with Crippen LogP contribution in [0.25, 0.3) is 0 Å². The number of nitrogens with zero attached hydrogens (tertiary/aromatic N) is 2. The summed E-state index contributed by atoms with van der Waals surface area (Å²) in [6, 6.07) is 8.87. The Morgan fingerprint density at radius 1 is 1.13 bits per heavy atom. The summed E-state index contributed by atoms with van der Waals surface area (Å²) in [5.74, 6) is -2.83. The van der Waals surface area contributed by atoms with Gasteiger partial charge in [-0.3, -0.25) is 10.1 Å². The lowest BCUT2D eigenvalue weighted by Crippen LogP contribution is -2.38. The van der Waals surface area contributed by atoms with E-state index in [2.05, 4.69) is 0 Å². The first-order valence-electron chi connectivity index (χ1n) is 9.39. The molecule has 2 aromatic carbocycles. The Morgan fingerprint density at radius 2 is 1.80 bits per heavy atom. The van der Waals surface area contributed by atoms with Crippen molar-refractivity contribution in [2.45, 2.75) is 43.4 Å². The minimum Gasteiger partial charge on any atom is -0.490 e. The minimum absolute atomic E-state index is 0.0562. The molecule has 1 aliphatic rings. The van der Waals surface area contributed by atoms with Crippen molar-refractivity contribution < 1.29 is 26.9 Å². The van der Waals surface area contributed by atoms with Gasteiger partial charge in [-0.2, -0.15) is 8.78 Å². The molecular formula is C20H22F2N2O5S. The van der Waals surface area contributed by atoms with Crippen LogP contribution in [0.2, 0.25) is 0 Å². The van der Waals surface area contributed by atoms with E-state index in [9.17, 15) is 27.3 Å². The highest BCUT2D eigenvalue weighted by Gasteiger charge is 2.31. The number of hydrogen-bond donors (Lipinski definition) is 0. The van der Waals surface area contributed by atoms with Crippen LogP contribution in [0.3, 0.4) is 0 Å². The third kappa shape index (κ3) is 4.53. The zero-order valence-corrected chi connectivity index (χ0v) is 17.4. The van der Waals surface area contributed by atoms with Gasteiger partial charge in [0, 0.05) is 32.0 Å². The third-order valence-electron chi connectivity index (χ3n) is 5.13. The lowest BCUT2D eigenvalue weighted by atomic mass is 10.1. The summed E-state index contributed by atoms with van der Waals surface area (Å²) in [7, 11) is -4.91. The molecule has 0 saturated carbocycles. The maximum absolute atomic E-state index is 12.8. The van der Waals surface area contributed by atoms with Gasteiger partial charge in [0.2, 0.25) is 9.84 Å². The number of benzene rings is 2. The molecular weight excluding hydrogens is 418 g/mol. The number of halogens is 2. The summed E-state index contributed by atoms with van der Waals surface area (Å²) in [6.07, 6.45) is 1.17. The summed E-state index contributed by atoms with van der Waals surface area (Å²) in [6.45, 7) is 4.85. The molecule has 0 radical (unpaired) electrons. The molecule has 0 aromatic heterocycles. The van der Waals surface area contributed by atoms with E-state index in [0.717, 1.165) is 22.9 Å². The van der Waals surface area contributed by atoms with Crippen molar-refractivity contribution in [3.63, 3.8) is 0 Å². The standard InChI is InChI=1S/C20H22F2N2O5S/c1-13-3-4-14(2)19(11-13)29-15-7-9-23(10-8-15)17-6-5-16(12-18(17)24(25)26)30(27,28)20(21)22/h3-6,11-12,15,20H,7-10H2,1-2H3. The molecule has 0 aliphatic carbocycles. The van der Waals surface area contributed by atoms with Crippen LogP contribution >= 0.6 is 0 Å². The molecule has 2 aromatic rings. The fraction of sp³-hybridized carbons (Fsp3) is 0.400. The SMILES string of the molecule is Cc1ccc(C)c(OC2CCN(c3ccc(S(=O)(=O)C(F)F)cc3[N+](=O)[O-])CC2)c1. The van der Waals surface area contributed by atoms with Gasteiger partial charge in [-0.1, -0.05) is 12.1 Å². The van der Waals surface area contributed by atoms with Crippen LogP contribution in [0.5, 0.6) is 5.75 Å². The molecule has 7 nitrogen and oxygen atoms in total. The Kier molecular flexibility index (Phi) is 6.25. The van der Waals surface area contributed by atoms with Crippen LogP contribution in [0.15, 0.2) is 41.3 Å². The molecule has 162 valence electrons. The van der Waals surface area contributed by atoms with Crippen molar-refractivity contribution in [1.29, 1.82) is 0 Å². The van der Waals surface area contributed by atoms with Crippen molar-refractivity contribution >= 4 is 21.2 Å². The van der Waals surface area contributed by atoms with Crippen LogP contribution in [0.4, 0.5) is 20.2 Å². The molecule has 0 spiro atoms. The predicted molar refractivity (Wildman–Crippen MR) is 108 cm³/mol. The average molecular weight is 440 g/mol. The van der Waals surface area contributed by atoms with E-state index < -0.39 is 31.1 Å². The molecule has 0 unspecified atom stereocenters. The molecule has 30 heavy (non-hydrogen) atoms. The van der Waals surface area contributed by atoms with Crippen molar-refractivity contribution in [1.82, 2.24) is 0 Å². The van der Waals surface area contributed by atoms with Crippen molar-refractivity contribution in [3.8, 4) is 5.75 Å². The Morgan fingerprint density at radius 3 is 2.40 bits per heavy atom. The first-order valence-corrected chi connectivity index (χ1v) is 10.9. The van der Waals surface area contributed by atoms with Crippen LogP contribution in [0, 0.1) is 24.0 Å². The lowest BCUT2D eigenvalue weighted by Gasteiger charge is -2.33. The van der Waals surface area contributed by atoms with E-state index >= 15 is 0 Å².